The van der Waals surface area contributed by atoms with Crippen molar-refractivity contribution in [1.82, 2.24) is 15.0 Å². The minimum absolute atomic E-state index is 0.342. The van der Waals surface area contributed by atoms with Crippen LogP contribution in [0.3, 0.4) is 0 Å². The molecule has 2 aromatic heterocycles. The highest BCUT2D eigenvalue weighted by Gasteiger charge is 2.22. The lowest BCUT2D eigenvalue weighted by Crippen LogP contribution is -2.20. The van der Waals surface area contributed by atoms with Crippen molar-refractivity contribution in [2.45, 2.75) is 66.0 Å². The molecule has 2 heterocycles. The highest BCUT2D eigenvalue weighted by atomic mass is 16.5. The van der Waals surface area contributed by atoms with Gasteiger partial charge in [0.2, 0.25) is 5.88 Å². The fourth-order valence-electron chi connectivity index (χ4n) is 3.33. The number of aliphatic hydroxyl groups excluding tert-OH is 1. The van der Waals surface area contributed by atoms with E-state index in [-0.39, 0.29) is 0 Å². The third-order valence-electron chi connectivity index (χ3n) is 5.14. The van der Waals surface area contributed by atoms with Crippen LogP contribution in [0, 0.1) is 6.92 Å². The quantitative estimate of drug-likeness (QED) is 0.653. The van der Waals surface area contributed by atoms with Crippen molar-refractivity contribution in [1.29, 1.82) is 0 Å². The zero-order chi connectivity index (χ0) is 21.7. The van der Waals surface area contributed by atoms with Crippen molar-refractivity contribution in [2.75, 3.05) is 31.4 Å². The number of anilines is 2. The summed E-state index contributed by atoms with van der Waals surface area (Å²) in [4.78, 5) is 16.3. The van der Waals surface area contributed by atoms with E-state index in [2.05, 4.69) is 26.1 Å². The second-order valence-electron chi connectivity index (χ2n) is 7.49. The molecular weight excluding hydrogens is 366 g/mol. The molecule has 0 saturated heterocycles. The third-order valence-corrected chi connectivity index (χ3v) is 5.14. The molecule has 1 atom stereocenters. The van der Waals surface area contributed by atoms with Crippen molar-refractivity contribution < 1.29 is 9.84 Å². The minimum atomic E-state index is -0.653. The van der Waals surface area contributed by atoms with Crippen LogP contribution in [0.4, 0.5) is 11.6 Å². The molecule has 1 unspecified atom stereocenters. The van der Waals surface area contributed by atoms with Crippen LogP contribution in [0.5, 0.6) is 5.88 Å². The number of pyridine rings is 1. The molecule has 2 rings (SSSR count). The fourth-order valence-corrected chi connectivity index (χ4v) is 3.33. The van der Waals surface area contributed by atoms with Gasteiger partial charge in [0.15, 0.2) is 5.82 Å². The fraction of sp³-hybridized carbons (Fsp3) is 0.591. The van der Waals surface area contributed by atoms with E-state index in [1.807, 2.05) is 32.0 Å². The number of methoxy groups -OCH3 is 1. The molecular formula is C22H35N5O2. The van der Waals surface area contributed by atoms with Gasteiger partial charge in [-0.3, -0.25) is 0 Å². The van der Waals surface area contributed by atoms with Crippen LogP contribution in [-0.2, 0) is 6.42 Å². The van der Waals surface area contributed by atoms with Crippen LogP contribution >= 0.6 is 0 Å². The summed E-state index contributed by atoms with van der Waals surface area (Å²) < 4.78 is 5.61. The summed E-state index contributed by atoms with van der Waals surface area (Å²) in [6.45, 7) is 10.1. The summed E-state index contributed by atoms with van der Waals surface area (Å²) in [7, 11) is 5.44. The summed E-state index contributed by atoms with van der Waals surface area (Å²) >= 11 is 0. The topological polar surface area (TPSA) is 83.4 Å². The molecule has 0 saturated carbocycles. The molecule has 2 aromatic rings. The first-order chi connectivity index (χ1) is 13.8. The number of nitrogens with one attached hydrogen (secondary N) is 1. The van der Waals surface area contributed by atoms with Gasteiger partial charge in [-0.2, -0.15) is 4.98 Å². The Labute approximate surface area is 174 Å². The molecule has 160 valence electrons. The van der Waals surface area contributed by atoms with Gasteiger partial charge in [-0.15, -0.1) is 0 Å². The highest BCUT2D eigenvalue weighted by Crippen LogP contribution is 2.35. The standard InChI is InChI=1S/C22H35N5O2/c1-9-15(10-2)24-20-18(11-3)25-19(22(26-20)29-8)16-12-17(14(5)28)21(27(6)7)23-13(16)4/h12,14-15,28H,9-11H2,1-8H3,(H,24,26). The lowest BCUT2D eigenvalue weighted by Gasteiger charge is -2.22. The predicted molar refractivity (Wildman–Crippen MR) is 119 cm³/mol. The van der Waals surface area contributed by atoms with Crippen molar-refractivity contribution in [3.63, 3.8) is 0 Å². The number of ether oxygens (including phenoxy) is 1. The van der Waals surface area contributed by atoms with Gasteiger partial charge in [-0.25, -0.2) is 9.97 Å². The number of rotatable bonds is 9. The van der Waals surface area contributed by atoms with E-state index in [4.69, 9.17) is 19.7 Å². The summed E-state index contributed by atoms with van der Waals surface area (Å²) in [6, 6.07) is 2.29. The Morgan fingerprint density at radius 3 is 2.28 bits per heavy atom. The molecule has 0 aromatic carbocycles. The first kappa shape index (κ1) is 22.9. The normalized spacial score (nSPS) is 12.2. The van der Waals surface area contributed by atoms with Gasteiger partial charge in [-0.05, 0) is 39.2 Å². The number of hydrogen-bond acceptors (Lipinski definition) is 7. The van der Waals surface area contributed by atoms with Crippen LogP contribution in [0.25, 0.3) is 11.3 Å². The second-order valence-corrected chi connectivity index (χ2v) is 7.49. The average molecular weight is 402 g/mol. The molecule has 2 N–H and O–H groups in total. The number of aliphatic hydroxyl groups is 1. The first-order valence-corrected chi connectivity index (χ1v) is 10.4. The molecule has 0 amide bonds. The largest absolute Gasteiger partial charge is 0.479 e. The predicted octanol–water partition coefficient (Wildman–Crippen LogP) is 4.14. The van der Waals surface area contributed by atoms with E-state index < -0.39 is 6.10 Å². The number of hydrogen-bond donors (Lipinski definition) is 2. The van der Waals surface area contributed by atoms with Gasteiger partial charge in [-0.1, -0.05) is 20.8 Å². The van der Waals surface area contributed by atoms with Crippen LogP contribution in [-0.4, -0.2) is 47.3 Å². The van der Waals surface area contributed by atoms with Crippen LogP contribution < -0.4 is 15.0 Å². The minimum Gasteiger partial charge on any atom is -0.479 e. The second kappa shape index (κ2) is 9.87. The van der Waals surface area contributed by atoms with E-state index in [9.17, 15) is 5.11 Å². The van der Waals surface area contributed by atoms with E-state index in [1.165, 1.54) is 0 Å². The molecule has 29 heavy (non-hydrogen) atoms. The SMILES string of the molecule is CCc1nc(-c2cc(C(C)O)c(N(C)C)nc2C)c(OC)nc1NC(CC)CC. The van der Waals surface area contributed by atoms with Gasteiger partial charge in [0.25, 0.3) is 0 Å². The highest BCUT2D eigenvalue weighted by molar-refractivity contribution is 5.71. The molecule has 0 radical (unpaired) electrons. The number of aromatic nitrogens is 3. The van der Waals surface area contributed by atoms with Crippen molar-refractivity contribution in [2.24, 2.45) is 0 Å². The first-order valence-electron chi connectivity index (χ1n) is 10.4. The summed E-state index contributed by atoms with van der Waals surface area (Å²) in [5.74, 6) is 1.97. The molecule has 7 heteroatoms. The summed E-state index contributed by atoms with van der Waals surface area (Å²) in [5.41, 5.74) is 3.92. The Bertz CT molecular complexity index is 832. The van der Waals surface area contributed by atoms with Crippen LogP contribution in [0.1, 0.15) is 63.6 Å². The maximum Gasteiger partial charge on any atom is 0.242 e. The Kier molecular flexibility index (Phi) is 7.79. The Morgan fingerprint density at radius 1 is 1.14 bits per heavy atom. The van der Waals surface area contributed by atoms with Crippen molar-refractivity contribution >= 4 is 11.6 Å². The van der Waals surface area contributed by atoms with E-state index in [0.29, 0.717) is 17.6 Å². The van der Waals surface area contributed by atoms with Crippen LogP contribution in [0.2, 0.25) is 0 Å². The van der Waals surface area contributed by atoms with Gasteiger partial charge < -0.3 is 20.1 Å². The molecule has 0 aliphatic heterocycles. The Morgan fingerprint density at radius 2 is 1.79 bits per heavy atom. The van der Waals surface area contributed by atoms with Crippen molar-refractivity contribution in [3.8, 4) is 17.1 Å². The van der Waals surface area contributed by atoms with Gasteiger partial charge in [0.05, 0.1) is 18.9 Å². The lowest BCUT2D eigenvalue weighted by molar-refractivity contribution is 0.199. The zero-order valence-electron chi connectivity index (χ0n) is 19.0. The average Bonchev–Trinajstić information content (AvgIpc) is 2.70. The molecule has 0 aliphatic carbocycles. The van der Waals surface area contributed by atoms with Crippen LogP contribution in [0.15, 0.2) is 6.07 Å². The monoisotopic (exact) mass is 401 g/mol. The maximum absolute atomic E-state index is 10.3. The molecule has 0 fully saturated rings. The van der Waals surface area contributed by atoms with E-state index >= 15 is 0 Å². The zero-order valence-corrected chi connectivity index (χ0v) is 19.0. The van der Waals surface area contributed by atoms with E-state index in [0.717, 1.165) is 53.4 Å². The number of nitrogens with zero attached hydrogens (tertiary/aromatic N) is 4. The number of aryl methyl sites for hydroxylation is 2. The van der Waals surface area contributed by atoms with Gasteiger partial charge in [0.1, 0.15) is 11.5 Å². The summed E-state index contributed by atoms with van der Waals surface area (Å²) in [5, 5.41) is 13.8. The maximum atomic E-state index is 10.3. The third kappa shape index (κ3) is 4.96. The molecule has 0 bridgehead atoms. The Balaban J connectivity index is 2.66. The van der Waals surface area contributed by atoms with E-state index in [1.54, 1.807) is 14.0 Å². The Hall–Kier alpha value is -2.41. The summed E-state index contributed by atoms with van der Waals surface area (Å²) in [6.07, 6.45) is 2.12. The molecule has 0 spiro atoms. The lowest BCUT2D eigenvalue weighted by atomic mass is 10.0. The van der Waals surface area contributed by atoms with Gasteiger partial charge in [0, 0.05) is 37.0 Å². The van der Waals surface area contributed by atoms with Gasteiger partial charge >= 0.3 is 0 Å². The molecule has 7 nitrogen and oxygen atoms in total. The van der Waals surface area contributed by atoms with Crippen molar-refractivity contribution in [3.05, 3.63) is 23.0 Å². The molecule has 0 aliphatic rings. The smallest absolute Gasteiger partial charge is 0.242 e.